The molecule has 144 valence electrons. The summed E-state index contributed by atoms with van der Waals surface area (Å²) in [6, 6.07) is 11.3. The van der Waals surface area contributed by atoms with Crippen molar-refractivity contribution in [2.24, 2.45) is 0 Å². The molecule has 0 aliphatic carbocycles. The number of hydrogen-bond donors (Lipinski definition) is 0. The molecule has 28 heavy (non-hydrogen) atoms. The molecule has 3 rings (SSSR count). The second-order valence-electron chi connectivity index (χ2n) is 6.37. The summed E-state index contributed by atoms with van der Waals surface area (Å²) < 4.78 is 14.1. The van der Waals surface area contributed by atoms with Crippen LogP contribution in [0.5, 0.6) is 0 Å². The van der Waals surface area contributed by atoms with Crippen molar-refractivity contribution in [1.82, 2.24) is 10.2 Å². The van der Waals surface area contributed by atoms with Crippen molar-refractivity contribution in [1.29, 1.82) is 0 Å². The van der Waals surface area contributed by atoms with Crippen molar-refractivity contribution in [3.8, 4) is 10.6 Å². The number of unbranched alkanes of at least 4 members (excludes halogenated alkanes) is 1. The Kier molecular flexibility index (Phi) is 6.26. The summed E-state index contributed by atoms with van der Waals surface area (Å²) in [6.07, 6.45) is 2.45. The van der Waals surface area contributed by atoms with E-state index in [9.17, 15) is 14.0 Å². The quantitative estimate of drug-likeness (QED) is 0.531. The van der Waals surface area contributed by atoms with Gasteiger partial charge in [0.2, 0.25) is 5.13 Å². The van der Waals surface area contributed by atoms with Crippen LogP contribution < -0.4 is 4.90 Å². The van der Waals surface area contributed by atoms with E-state index in [2.05, 4.69) is 10.2 Å². The summed E-state index contributed by atoms with van der Waals surface area (Å²) >= 11 is 1.27. The smallest absolute Gasteiger partial charge is 0.263 e. The van der Waals surface area contributed by atoms with Crippen LogP contribution in [0, 0.1) is 12.7 Å². The highest BCUT2D eigenvalue weighted by Gasteiger charge is 2.24. The highest BCUT2D eigenvalue weighted by molar-refractivity contribution is 7.18. The van der Waals surface area contributed by atoms with Gasteiger partial charge in [-0.1, -0.05) is 48.9 Å². The predicted molar refractivity (Wildman–Crippen MR) is 108 cm³/mol. The van der Waals surface area contributed by atoms with E-state index in [0.29, 0.717) is 22.2 Å². The molecule has 0 fully saturated rings. The fraction of sp³-hybridized carbons (Fsp3) is 0.238. The van der Waals surface area contributed by atoms with E-state index in [1.807, 2.05) is 19.9 Å². The van der Waals surface area contributed by atoms with Crippen LogP contribution in [0.25, 0.3) is 10.6 Å². The van der Waals surface area contributed by atoms with E-state index in [1.54, 1.807) is 24.3 Å². The summed E-state index contributed by atoms with van der Waals surface area (Å²) in [4.78, 5) is 25.4. The molecule has 0 radical (unpaired) electrons. The summed E-state index contributed by atoms with van der Waals surface area (Å²) in [5.41, 5.74) is 2.35. The zero-order valence-corrected chi connectivity index (χ0v) is 16.5. The summed E-state index contributed by atoms with van der Waals surface area (Å²) in [7, 11) is 0. The van der Waals surface area contributed by atoms with Crippen molar-refractivity contribution in [2.75, 3.05) is 11.4 Å². The van der Waals surface area contributed by atoms with Gasteiger partial charge in [-0.2, -0.15) is 0 Å². The third kappa shape index (κ3) is 4.14. The van der Waals surface area contributed by atoms with Crippen LogP contribution >= 0.6 is 11.3 Å². The van der Waals surface area contributed by atoms with Gasteiger partial charge < -0.3 is 0 Å². The average Bonchev–Trinajstić information content (AvgIpc) is 3.17. The van der Waals surface area contributed by atoms with Gasteiger partial charge in [-0.25, -0.2) is 4.39 Å². The molecule has 0 saturated heterocycles. The number of amides is 1. The number of nitrogens with zero attached hydrogens (tertiary/aromatic N) is 3. The molecule has 0 atom stereocenters. The topological polar surface area (TPSA) is 63.2 Å². The molecule has 0 aliphatic rings. The van der Waals surface area contributed by atoms with E-state index < -0.39 is 11.7 Å². The number of aldehydes is 1. The molecule has 0 saturated carbocycles. The average molecular weight is 397 g/mol. The minimum atomic E-state index is -0.556. The molecular formula is C21H20FN3O2S. The third-order valence-electron chi connectivity index (χ3n) is 4.35. The lowest BCUT2D eigenvalue weighted by molar-refractivity contribution is 0.0982. The zero-order valence-electron chi connectivity index (χ0n) is 15.7. The minimum Gasteiger partial charge on any atom is -0.298 e. The molecule has 1 amide bonds. The molecule has 0 spiro atoms. The first kappa shape index (κ1) is 19.8. The van der Waals surface area contributed by atoms with E-state index in [1.165, 1.54) is 28.4 Å². The van der Waals surface area contributed by atoms with Gasteiger partial charge in [-0.15, -0.1) is 10.2 Å². The second kappa shape index (κ2) is 8.84. The maximum absolute atomic E-state index is 14.1. The number of rotatable bonds is 7. The Balaban J connectivity index is 1.95. The third-order valence-corrected chi connectivity index (χ3v) is 5.33. The van der Waals surface area contributed by atoms with Crippen LogP contribution in [0.2, 0.25) is 0 Å². The Hall–Kier alpha value is -2.93. The van der Waals surface area contributed by atoms with Crippen molar-refractivity contribution < 1.29 is 14.0 Å². The Bertz CT molecular complexity index is 1000. The summed E-state index contributed by atoms with van der Waals surface area (Å²) in [6.45, 7) is 4.35. The molecule has 0 aliphatic heterocycles. The van der Waals surface area contributed by atoms with Crippen LogP contribution in [-0.4, -0.2) is 28.9 Å². The van der Waals surface area contributed by atoms with Crippen molar-refractivity contribution in [3.05, 3.63) is 65.0 Å². The normalized spacial score (nSPS) is 10.7. The van der Waals surface area contributed by atoms with E-state index in [4.69, 9.17) is 0 Å². The van der Waals surface area contributed by atoms with Crippen LogP contribution in [0.4, 0.5) is 9.52 Å². The lowest BCUT2D eigenvalue weighted by Crippen LogP contribution is -2.32. The van der Waals surface area contributed by atoms with Crippen LogP contribution in [0.3, 0.4) is 0 Å². The van der Waals surface area contributed by atoms with Gasteiger partial charge in [0.25, 0.3) is 5.91 Å². The van der Waals surface area contributed by atoms with Crippen LogP contribution in [0.1, 0.15) is 46.0 Å². The van der Waals surface area contributed by atoms with E-state index >= 15 is 0 Å². The molecular weight excluding hydrogens is 377 g/mol. The molecule has 7 heteroatoms. The number of aryl methyl sites for hydroxylation is 1. The van der Waals surface area contributed by atoms with E-state index in [-0.39, 0.29) is 5.56 Å². The fourth-order valence-electron chi connectivity index (χ4n) is 2.81. The minimum absolute atomic E-state index is 0.0156. The van der Waals surface area contributed by atoms with Gasteiger partial charge in [-0.05, 0) is 37.1 Å². The number of anilines is 1. The molecule has 0 bridgehead atoms. The van der Waals surface area contributed by atoms with Crippen molar-refractivity contribution in [2.45, 2.75) is 26.7 Å². The van der Waals surface area contributed by atoms with Gasteiger partial charge in [-0.3, -0.25) is 14.5 Å². The van der Waals surface area contributed by atoms with Crippen molar-refractivity contribution in [3.63, 3.8) is 0 Å². The Morgan fingerprint density at radius 3 is 2.68 bits per heavy atom. The zero-order chi connectivity index (χ0) is 20.1. The van der Waals surface area contributed by atoms with Gasteiger partial charge in [0.1, 0.15) is 17.1 Å². The number of halogens is 1. The lowest BCUT2D eigenvalue weighted by Gasteiger charge is -2.19. The Morgan fingerprint density at radius 1 is 1.21 bits per heavy atom. The SMILES string of the molecule is CCCCN(C(=O)c1ccccc1F)c1nnc(-c2ccc(C=O)cc2C)s1. The molecule has 1 aromatic heterocycles. The fourth-order valence-corrected chi connectivity index (χ4v) is 3.77. The lowest BCUT2D eigenvalue weighted by atomic mass is 10.1. The number of benzene rings is 2. The maximum Gasteiger partial charge on any atom is 0.263 e. The standard InChI is InChI=1S/C21H20FN3O2S/c1-3-4-11-25(20(27)17-7-5-6-8-18(17)22)21-24-23-19(28-21)16-10-9-15(13-26)12-14(16)2/h5-10,12-13H,3-4,11H2,1-2H3. The van der Waals surface area contributed by atoms with Crippen LogP contribution in [0.15, 0.2) is 42.5 Å². The number of hydrogen-bond acceptors (Lipinski definition) is 5. The maximum atomic E-state index is 14.1. The van der Waals surface area contributed by atoms with Gasteiger partial charge in [0.15, 0.2) is 0 Å². The van der Waals surface area contributed by atoms with Gasteiger partial charge in [0.05, 0.1) is 5.56 Å². The van der Waals surface area contributed by atoms with Crippen molar-refractivity contribution >= 4 is 28.7 Å². The Morgan fingerprint density at radius 2 is 2.00 bits per heavy atom. The molecule has 5 nitrogen and oxygen atoms in total. The first-order valence-electron chi connectivity index (χ1n) is 9.01. The molecule has 0 N–H and O–H groups in total. The molecule has 1 heterocycles. The Labute approximate surface area is 166 Å². The first-order chi connectivity index (χ1) is 13.5. The highest BCUT2D eigenvalue weighted by Crippen LogP contribution is 2.32. The second-order valence-corrected chi connectivity index (χ2v) is 7.33. The number of carbonyl (C=O) groups is 2. The molecule has 2 aromatic carbocycles. The highest BCUT2D eigenvalue weighted by atomic mass is 32.1. The summed E-state index contributed by atoms with van der Waals surface area (Å²) in [5, 5.41) is 9.48. The van der Waals surface area contributed by atoms with Gasteiger partial charge in [0, 0.05) is 17.7 Å². The monoisotopic (exact) mass is 397 g/mol. The number of carbonyl (C=O) groups excluding carboxylic acids is 2. The largest absolute Gasteiger partial charge is 0.298 e. The first-order valence-corrected chi connectivity index (χ1v) is 9.83. The van der Waals surface area contributed by atoms with Crippen LogP contribution in [-0.2, 0) is 0 Å². The summed E-state index contributed by atoms with van der Waals surface area (Å²) in [5.74, 6) is -0.985. The molecule has 0 unspecified atom stereocenters. The van der Waals surface area contributed by atoms with Gasteiger partial charge >= 0.3 is 0 Å². The number of aromatic nitrogens is 2. The predicted octanol–water partition coefficient (Wildman–Crippen LogP) is 4.91. The van der Waals surface area contributed by atoms with E-state index in [0.717, 1.165) is 30.3 Å². The molecule has 3 aromatic rings.